The Morgan fingerprint density at radius 1 is 1.25 bits per heavy atom. The molecule has 0 saturated carbocycles. The fourth-order valence-corrected chi connectivity index (χ4v) is 3.76. The van der Waals surface area contributed by atoms with Crippen molar-refractivity contribution in [3.8, 4) is 0 Å². The fourth-order valence-electron chi connectivity index (χ4n) is 1.72. The molecule has 1 aromatic carbocycles. The van der Waals surface area contributed by atoms with Crippen LogP contribution in [0.3, 0.4) is 0 Å². The van der Waals surface area contributed by atoms with Crippen LogP contribution in [0.4, 0.5) is 5.69 Å². The Morgan fingerprint density at radius 3 is 2.67 bits per heavy atom. The lowest BCUT2D eigenvalue weighted by molar-refractivity contribution is 1.03. The van der Waals surface area contributed by atoms with Gasteiger partial charge in [-0.25, -0.2) is 0 Å². The van der Waals surface area contributed by atoms with Gasteiger partial charge in [-0.3, -0.25) is 0 Å². The van der Waals surface area contributed by atoms with Gasteiger partial charge in [0.25, 0.3) is 0 Å². The maximum atomic E-state index is 6.12. The summed E-state index contributed by atoms with van der Waals surface area (Å²) in [5.74, 6) is 0.950. The average molecular weight is 378 g/mol. The van der Waals surface area contributed by atoms with E-state index in [-0.39, 0.29) is 0 Å². The van der Waals surface area contributed by atoms with Gasteiger partial charge < -0.3 is 4.72 Å². The molecule has 0 unspecified atom stereocenters. The van der Waals surface area contributed by atoms with Crippen molar-refractivity contribution in [1.82, 2.24) is 0 Å². The van der Waals surface area contributed by atoms with E-state index in [2.05, 4.69) is 48.3 Å². The topological polar surface area (TPSA) is 12.0 Å². The van der Waals surface area contributed by atoms with Crippen LogP contribution in [0.15, 0.2) is 83.7 Å². The fraction of sp³-hybridized carbons (Fsp3) is 0.200. The highest BCUT2D eigenvalue weighted by molar-refractivity contribution is 8.03. The summed E-state index contributed by atoms with van der Waals surface area (Å²) in [4.78, 5) is 2.46. The second-order valence-electron chi connectivity index (χ2n) is 4.78. The molecule has 0 fully saturated rings. The van der Waals surface area contributed by atoms with Crippen molar-refractivity contribution in [2.24, 2.45) is 0 Å². The summed E-state index contributed by atoms with van der Waals surface area (Å²) in [5, 5.41) is 0.775. The van der Waals surface area contributed by atoms with Crippen molar-refractivity contribution in [2.75, 3.05) is 10.5 Å². The maximum absolute atomic E-state index is 6.12. The van der Waals surface area contributed by atoms with Gasteiger partial charge in [-0.1, -0.05) is 79.1 Å². The number of thioether (sulfide) groups is 1. The molecule has 1 nitrogen and oxygen atoms in total. The molecule has 1 aliphatic carbocycles. The van der Waals surface area contributed by atoms with Gasteiger partial charge >= 0.3 is 0 Å². The van der Waals surface area contributed by atoms with Gasteiger partial charge in [0.15, 0.2) is 0 Å². The first-order valence-corrected chi connectivity index (χ1v) is 9.95. The van der Waals surface area contributed by atoms with Crippen LogP contribution in [0, 0.1) is 0 Å². The van der Waals surface area contributed by atoms with Crippen LogP contribution in [0.1, 0.15) is 19.8 Å². The van der Waals surface area contributed by atoms with Crippen LogP contribution in [0.2, 0.25) is 5.02 Å². The minimum Gasteiger partial charge on any atom is -0.328 e. The zero-order valence-electron chi connectivity index (χ0n) is 14.0. The van der Waals surface area contributed by atoms with Crippen molar-refractivity contribution in [3.63, 3.8) is 0 Å². The molecule has 24 heavy (non-hydrogen) atoms. The lowest BCUT2D eigenvalue weighted by atomic mass is 10.2. The molecule has 0 radical (unpaired) electrons. The summed E-state index contributed by atoms with van der Waals surface area (Å²) >= 11 is 9.57. The summed E-state index contributed by atoms with van der Waals surface area (Å²) in [6.07, 6.45) is 16.4. The van der Waals surface area contributed by atoms with Crippen LogP contribution in [-0.2, 0) is 0 Å². The van der Waals surface area contributed by atoms with E-state index in [9.17, 15) is 0 Å². The van der Waals surface area contributed by atoms with Gasteiger partial charge in [0.2, 0.25) is 0 Å². The molecule has 4 heteroatoms. The third-order valence-corrected chi connectivity index (χ3v) is 4.95. The summed E-state index contributed by atoms with van der Waals surface area (Å²) in [7, 11) is 0. The molecule has 0 aliphatic heterocycles. The van der Waals surface area contributed by atoms with E-state index in [1.54, 1.807) is 35.9 Å². The Hall–Kier alpha value is -1.29. The summed E-state index contributed by atoms with van der Waals surface area (Å²) < 4.78 is 3.40. The van der Waals surface area contributed by atoms with E-state index in [1.807, 2.05) is 25.1 Å². The van der Waals surface area contributed by atoms with Gasteiger partial charge in [0.1, 0.15) is 0 Å². The predicted molar refractivity (Wildman–Crippen MR) is 115 cm³/mol. The molecule has 0 aromatic heterocycles. The zero-order chi connectivity index (χ0) is 17.6. The van der Waals surface area contributed by atoms with Crippen molar-refractivity contribution in [2.45, 2.75) is 24.7 Å². The molecule has 0 heterocycles. The first kappa shape index (κ1) is 20.8. The molecule has 0 atom stereocenters. The number of rotatable bonds is 7. The van der Waals surface area contributed by atoms with Gasteiger partial charge in [-0.15, -0.1) is 0 Å². The Kier molecular flexibility index (Phi) is 11.3. The molecule has 0 saturated heterocycles. The van der Waals surface area contributed by atoms with Crippen molar-refractivity contribution >= 4 is 41.0 Å². The summed E-state index contributed by atoms with van der Waals surface area (Å²) in [6, 6.07) is 5.99. The third-order valence-electron chi connectivity index (χ3n) is 2.90. The number of hydrogen-bond acceptors (Lipinski definition) is 3. The Balaban J connectivity index is 0.000000648. The largest absolute Gasteiger partial charge is 0.328 e. The highest BCUT2D eigenvalue weighted by Gasteiger charge is 2.07. The summed E-state index contributed by atoms with van der Waals surface area (Å²) in [5.41, 5.74) is 1.12. The Morgan fingerprint density at radius 2 is 2.04 bits per heavy atom. The van der Waals surface area contributed by atoms with E-state index in [0.717, 1.165) is 29.3 Å². The van der Waals surface area contributed by atoms with E-state index in [0.29, 0.717) is 0 Å². The standard InChI is InChI=1S/C16H18ClNS2.C4H6/c1-2-3-11-19-18-15-10-9-13(17)12-16(15)20-14-7-5-4-6-8-14;1-3-4-2/h2-3,5,7-10,12,18H,4,6,11H2,1H3;3-4H,1-2H2/b3-2-;. The van der Waals surface area contributed by atoms with Crippen molar-refractivity contribution in [3.05, 3.63) is 83.8 Å². The van der Waals surface area contributed by atoms with E-state index in [4.69, 9.17) is 11.6 Å². The minimum atomic E-state index is 0.775. The first-order valence-electron chi connectivity index (χ1n) is 7.77. The summed E-state index contributed by atoms with van der Waals surface area (Å²) in [6.45, 7) is 8.76. The number of benzene rings is 1. The van der Waals surface area contributed by atoms with Gasteiger partial charge in [0.05, 0.1) is 5.69 Å². The molecular weight excluding hydrogens is 354 g/mol. The van der Waals surface area contributed by atoms with Gasteiger partial charge in [-0.2, -0.15) is 0 Å². The molecule has 0 spiro atoms. The minimum absolute atomic E-state index is 0.775. The van der Waals surface area contributed by atoms with Gasteiger partial charge in [-0.05, 0) is 49.9 Å². The maximum Gasteiger partial charge on any atom is 0.0582 e. The number of hydrogen-bond donors (Lipinski definition) is 1. The SMILES string of the molecule is C/C=C\CSNc1ccc(Cl)cc1SC1=CCCC=C1.C=CC=C. The van der Waals surface area contributed by atoms with Crippen LogP contribution < -0.4 is 4.72 Å². The molecule has 0 bridgehead atoms. The van der Waals surface area contributed by atoms with Crippen LogP contribution in [-0.4, -0.2) is 5.75 Å². The number of anilines is 1. The number of allylic oxidation sites excluding steroid dienone is 6. The monoisotopic (exact) mass is 377 g/mol. The van der Waals surface area contributed by atoms with E-state index >= 15 is 0 Å². The van der Waals surface area contributed by atoms with E-state index in [1.165, 1.54) is 9.80 Å². The zero-order valence-corrected chi connectivity index (χ0v) is 16.4. The highest BCUT2D eigenvalue weighted by Crippen LogP contribution is 2.37. The number of halogens is 1. The Bertz CT molecular complexity index is 612. The van der Waals surface area contributed by atoms with Crippen LogP contribution in [0.5, 0.6) is 0 Å². The quantitative estimate of drug-likeness (QED) is 0.226. The average Bonchev–Trinajstić information content (AvgIpc) is 2.61. The molecule has 1 aliphatic rings. The number of nitrogens with one attached hydrogen (secondary N) is 1. The lowest BCUT2D eigenvalue weighted by Gasteiger charge is -2.12. The molecule has 0 amide bonds. The first-order chi connectivity index (χ1) is 11.7. The van der Waals surface area contributed by atoms with Gasteiger partial charge in [0, 0.05) is 20.6 Å². The van der Waals surface area contributed by atoms with Crippen molar-refractivity contribution < 1.29 is 0 Å². The Labute approximate surface area is 159 Å². The second-order valence-corrected chi connectivity index (χ2v) is 7.16. The van der Waals surface area contributed by atoms with Crippen LogP contribution in [0.25, 0.3) is 0 Å². The smallest absolute Gasteiger partial charge is 0.0582 e. The predicted octanol–water partition coefficient (Wildman–Crippen LogP) is 7.66. The molecule has 1 aromatic rings. The normalized spacial score (nSPS) is 13.0. The van der Waals surface area contributed by atoms with E-state index < -0.39 is 0 Å². The molecule has 128 valence electrons. The molecule has 1 N–H and O–H groups in total. The van der Waals surface area contributed by atoms with Crippen molar-refractivity contribution in [1.29, 1.82) is 0 Å². The van der Waals surface area contributed by atoms with Crippen LogP contribution >= 0.6 is 35.3 Å². The third kappa shape index (κ3) is 8.53. The molecule has 2 rings (SSSR count). The lowest BCUT2D eigenvalue weighted by Crippen LogP contribution is -1.91. The highest BCUT2D eigenvalue weighted by atomic mass is 35.5. The molecular formula is C20H24ClNS2. The second kappa shape index (κ2) is 13.1.